The predicted molar refractivity (Wildman–Crippen MR) is 98.0 cm³/mol. The summed E-state index contributed by atoms with van der Waals surface area (Å²) in [5.41, 5.74) is -3.79. The maximum atomic E-state index is 11.2. The maximum Gasteiger partial charge on any atom is 0.511 e. The molecular weight excluding hydrogens is 438 g/mol. The van der Waals surface area contributed by atoms with Crippen LogP contribution in [-0.4, -0.2) is 35.2 Å². The van der Waals surface area contributed by atoms with Crippen molar-refractivity contribution in [3.63, 3.8) is 0 Å². The van der Waals surface area contributed by atoms with E-state index < -0.39 is 26.6 Å². The van der Waals surface area contributed by atoms with E-state index in [1.807, 2.05) is 41.2 Å². The van der Waals surface area contributed by atoms with E-state index in [1.54, 1.807) is 0 Å². The first-order valence-electron chi connectivity index (χ1n) is 8.99. The van der Waals surface area contributed by atoms with E-state index in [4.69, 9.17) is 0 Å². The lowest BCUT2D eigenvalue weighted by Gasteiger charge is -2.10. The molecule has 13 heteroatoms. The van der Waals surface area contributed by atoms with Crippen molar-refractivity contribution in [1.82, 2.24) is 19.7 Å². The number of sulfonamides is 1. The summed E-state index contributed by atoms with van der Waals surface area (Å²) in [6, 6.07) is 10.1. The van der Waals surface area contributed by atoms with Crippen molar-refractivity contribution in [2.75, 3.05) is 0 Å². The van der Waals surface area contributed by atoms with Crippen LogP contribution in [-0.2, 0) is 16.4 Å². The number of benzene rings is 1. The molecule has 0 radical (unpaired) electrons. The van der Waals surface area contributed by atoms with Gasteiger partial charge in [0.15, 0.2) is 0 Å². The number of unbranched alkanes of at least 4 members (excludes halogenated alkanes) is 4. The Balaban J connectivity index is 0.000000329. The molecule has 0 bridgehead atoms. The van der Waals surface area contributed by atoms with E-state index in [2.05, 4.69) is 17.2 Å². The van der Waals surface area contributed by atoms with Crippen LogP contribution < -0.4 is 4.72 Å². The molecule has 1 N–H and O–H groups in total. The quantitative estimate of drug-likeness (QED) is 0.351. The Morgan fingerprint density at radius 2 is 1.57 bits per heavy atom. The van der Waals surface area contributed by atoms with Crippen molar-refractivity contribution < 1.29 is 34.8 Å². The van der Waals surface area contributed by atoms with Crippen molar-refractivity contribution in [2.45, 2.75) is 57.3 Å². The van der Waals surface area contributed by atoms with Crippen LogP contribution in [0.5, 0.6) is 0 Å². The number of rotatable bonds is 8. The van der Waals surface area contributed by atoms with Crippen LogP contribution in [0.15, 0.2) is 36.5 Å². The first kappa shape index (κ1) is 25.9. The van der Waals surface area contributed by atoms with Crippen molar-refractivity contribution in [1.29, 1.82) is 0 Å². The van der Waals surface area contributed by atoms with Crippen molar-refractivity contribution in [3.8, 4) is 5.69 Å². The fraction of sp³-hybridized carbons (Fsp3) is 0.529. The average Bonchev–Trinajstić information content (AvgIpc) is 3.09. The Kier molecular flexibility index (Phi) is 9.75. The van der Waals surface area contributed by atoms with Crippen molar-refractivity contribution in [3.05, 3.63) is 42.2 Å². The number of aromatic nitrogens is 3. The summed E-state index contributed by atoms with van der Waals surface area (Å²) in [6.45, 7) is 2.24. The molecule has 0 spiro atoms. The minimum absolute atomic E-state index is 0.517. The molecule has 30 heavy (non-hydrogen) atoms. The third kappa shape index (κ3) is 9.57. The number of hydrogen-bond donors (Lipinski definition) is 1. The molecule has 170 valence electrons. The molecule has 6 nitrogen and oxygen atoms in total. The zero-order chi connectivity index (χ0) is 22.8. The summed E-state index contributed by atoms with van der Waals surface area (Å²) in [5.74, 6) is 0. The van der Waals surface area contributed by atoms with Gasteiger partial charge in [0.2, 0.25) is 0 Å². The number of alkyl halides is 6. The molecule has 0 aliphatic carbocycles. The van der Waals surface area contributed by atoms with Gasteiger partial charge in [-0.2, -0.15) is 26.3 Å². The molecule has 0 saturated carbocycles. The summed E-state index contributed by atoms with van der Waals surface area (Å²) in [4.78, 5) is 0. The van der Waals surface area contributed by atoms with E-state index >= 15 is 0 Å². The van der Waals surface area contributed by atoms with E-state index in [-0.39, 0.29) is 0 Å². The molecule has 0 aliphatic heterocycles. The Labute approximate surface area is 170 Å². The van der Waals surface area contributed by atoms with Gasteiger partial charge < -0.3 is 0 Å². The van der Waals surface area contributed by atoms with Gasteiger partial charge in [-0.3, -0.25) is 0 Å². The molecule has 1 aromatic heterocycles. The predicted octanol–water partition coefficient (Wildman–Crippen LogP) is 4.73. The van der Waals surface area contributed by atoms with Gasteiger partial charge in [0.05, 0.1) is 17.6 Å². The van der Waals surface area contributed by atoms with E-state index in [9.17, 15) is 34.8 Å². The first-order chi connectivity index (χ1) is 13.9. The second kappa shape index (κ2) is 11.3. The molecule has 0 saturated heterocycles. The van der Waals surface area contributed by atoms with Crippen LogP contribution >= 0.6 is 0 Å². The minimum Gasteiger partial charge on any atom is -0.220 e. The lowest BCUT2D eigenvalue weighted by Crippen LogP contribution is -2.44. The summed E-state index contributed by atoms with van der Waals surface area (Å²) < 4.78 is 87.7. The van der Waals surface area contributed by atoms with Crippen LogP contribution in [0.1, 0.15) is 44.7 Å². The highest BCUT2D eigenvalue weighted by atomic mass is 32.2. The summed E-state index contributed by atoms with van der Waals surface area (Å²) >= 11 is 0. The third-order valence-corrected chi connectivity index (χ3v) is 4.76. The van der Waals surface area contributed by atoms with Gasteiger partial charge in [-0.25, -0.2) is 13.1 Å². The highest BCUT2D eigenvalue weighted by molar-refractivity contribution is 7.90. The third-order valence-electron chi connectivity index (χ3n) is 3.65. The number of para-hydroxylation sites is 1. The topological polar surface area (TPSA) is 76.9 Å². The Morgan fingerprint density at radius 3 is 2.07 bits per heavy atom. The smallest absolute Gasteiger partial charge is 0.220 e. The first-order valence-corrected chi connectivity index (χ1v) is 10.5. The molecule has 2 rings (SSSR count). The lowest BCUT2D eigenvalue weighted by molar-refractivity contribution is -0.143. The zero-order valence-corrected chi connectivity index (χ0v) is 16.9. The van der Waals surface area contributed by atoms with Gasteiger partial charge in [0.1, 0.15) is 0 Å². The molecule has 0 atom stereocenters. The summed E-state index contributed by atoms with van der Waals surface area (Å²) in [7, 11) is -6.33. The second-order valence-electron chi connectivity index (χ2n) is 6.20. The van der Waals surface area contributed by atoms with Crippen molar-refractivity contribution >= 4 is 10.0 Å². The summed E-state index contributed by atoms with van der Waals surface area (Å²) in [5, 5.41) is 8.39. The summed E-state index contributed by atoms with van der Waals surface area (Å²) in [6.07, 6.45) is 3.95. The fourth-order valence-electron chi connectivity index (χ4n) is 2.24. The van der Waals surface area contributed by atoms with Crippen molar-refractivity contribution in [2.24, 2.45) is 0 Å². The number of halogens is 6. The van der Waals surface area contributed by atoms with Crippen LogP contribution in [0.2, 0.25) is 0 Å². The molecule has 0 aliphatic rings. The standard InChI is InChI=1S/C15H21N3.C2HF6NO2S/c1-2-3-4-5-7-10-14-13-18(17-16-14)15-11-8-6-9-12-15;3-1(4,5)9-12(10,11)2(6,7)8/h6,8-9,11-13H,2-5,7,10H2,1H3;9H. The van der Waals surface area contributed by atoms with Crippen LogP contribution in [0, 0.1) is 0 Å². The lowest BCUT2D eigenvalue weighted by atomic mass is 10.1. The Morgan fingerprint density at radius 1 is 0.967 bits per heavy atom. The van der Waals surface area contributed by atoms with Gasteiger partial charge in [-0.15, -0.1) is 9.82 Å². The van der Waals surface area contributed by atoms with Crippen LogP contribution in [0.4, 0.5) is 26.3 Å². The van der Waals surface area contributed by atoms with Crippen LogP contribution in [0.25, 0.3) is 5.69 Å². The van der Waals surface area contributed by atoms with E-state index in [0.29, 0.717) is 0 Å². The Hall–Kier alpha value is -2.15. The molecule has 2 aromatic rings. The van der Waals surface area contributed by atoms with Gasteiger partial charge in [0.25, 0.3) is 0 Å². The average molecular weight is 460 g/mol. The van der Waals surface area contributed by atoms with Gasteiger partial charge in [-0.05, 0) is 25.0 Å². The molecule has 0 amide bonds. The maximum absolute atomic E-state index is 11.2. The Bertz CT molecular complexity index is 851. The highest BCUT2D eigenvalue weighted by Crippen LogP contribution is 2.25. The monoisotopic (exact) mass is 460 g/mol. The van der Waals surface area contributed by atoms with Gasteiger partial charge >= 0.3 is 21.8 Å². The zero-order valence-electron chi connectivity index (χ0n) is 16.0. The molecule has 1 aromatic carbocycles. The number of aryl methyl sites for hydroxylation is 1. The molecule has 0 fully saturated rings. The van der Waals surface area contributed by atoms with Gasteiger partial charge in [-0.1, -0.05) is 56.0 Å². The molecular formula is C17H22F6N4O2S. The van der Waals surface area contributed by atoms with Crippen LogP contribution in [0.3, 0.4) is 0 Å². The normalized spacial score (nSPS) is 12.4. The SMILES string of the molecule is CCCCCCCc1cn(-c2ccccc2)nn1.O=S(=O)(NC(F)(F)F)C(F)(F)F. The number of nitrogens with one attached hydrogen (secondary N) is 1. The minimum atomic E-state index is -6.33. The number of nitrogens with zero attached hydrogens (tertiary/aromatic N) is 3. The molecule has 1 heterocycles. The fourth-order valence-corrected chi connectivity index (χ4v) is 2.66. The second-order valence-corrected chi connectivity index (χ2v) is 7.88. The highest BCUT2D eigenvalue weighted by Gasteiger charge is 2.51. The van der Waals surface area contributed by atoms with Gasteiger partial charge in [0, 0.05) is 0 Å². The number of hydrogen-bond acceptors (Lipinski definition) is 4. The largest absolute Gasteiger partial charge is 0.511 e. The van der Waals surface area contributed by atoms with E-state index in [1.165, 1.54) is 32.1 Å². The molecule has 0 unspecified atom stereocenters. The van der Waals surface area contributed by atoms with E-state index in [0.717, 1.165) is 17.8 Å².